The second kappa shape index (κ2) is 9.65. The summed E-state index contributed by atoms with van der Waals surface area (Å²) in [7, 11) is 0. The molecule has 1 aliphatic rings. The van der Waals surface area contributed by atoms with Crippen LogP contribution < -0.4 is 15.8 Å². The van der Waals surface area contributed by atoms with Crippen LogP contribution in [-0.4, -0.2) is 40.4 Å². The van der Waals surface area contributed by atoms with Gasteiger partial charge in [0.1, 0.15) is 15.8 Å². The van der Waals surface area contributed by atoms with E-state index in [0.717, 1.165) is 18.4 Å². The number of amides is 1. The van der Waals surface area contributed by atoms with Crippen molar-refractivity contribution in [3.8, 4) is 6.07 Å². The Labute approximate surface area is 206 Å². The monoisotopic (exact) mass is 499 g/mol. The highest BCUT2D eigenvalue weighted by molar-refractivity contribution is 7.17. The second-order valence-electron chi connectivity index (χ2n) is 9.26. The van der Waals surface area contributed by atoms with Crippen LogP contribution >= 0.6 is 22.9 Å². The molecule has 8 nitrogen and oxygen atoms in total. The van der Waals surface area contributed by atoms with Crippen LogP contribution in [0, 0.1) is 11.3 Å². The number of piperidine rings is 1. The van der Waals surface area contributed by atoms with E-state index in [0.29, 0.717) is 39.8 Å². The lowest BCUT2D eigenvalue weighted by Crippen LogP contribution is -2.50. The van der Waals surface area contributed by atoms with Gasteiger partial charge in [0.05, 0.1) is 23.2 Å². The molecular formula is C24H26ClN5O3S. The van der Waals surface area contributed by atoms with Gasteiger partial charge >= 0.3 is 6.09 Å². The summed E-state index contributed by atoms with van der Waals surface area (Å²) in [4.78, 5) is 32.6. The summed E-state index contributed by atoms with van der Waals surface area (Å²) in [5.74, 6) is 0.473. The van der Waals surface area contributed by atoms with Crippen LogP contribution in [0.1, 0.15) is 44.7 Å². The zero-order chi connectivity index (χ0) is 24.5. The first kappa shape index (κ1) is 24.0. The lowest BCUT2D eigenvalue weighted by Gasteiger charge is -2.35. The fraction of sp³-hybridized carbons (Fsp3) is 0.417. The summed E-state index contributed by atoms with van der Waals surface area (Å²) in [5.41, 5.74) is 0.922. The number of carbonyl (C=O) groups is 1. The van der Waals surface area contributed by atoms with E-state index in [2.05, 4.69) is 11.4 Å². The Hall–Kier alpha value is -3.09. The lowest BCUT2D eigenvalue weighted by molar-refractivity contribution is 0.0499. The number of halogens is 1. The first-order chi connectivity index (χ1) is 16.2. The molecule has 2 aromatic heterocycles. The summed E-state index contributed by atoms with van der Waals surface area (Å²) in [5, 5.41) is 14.6. The highest BCUT2D eigenvalue weighted by atomic mass is 35.5. The number of hydrogen-bond donors (Lipinski definition) is 1. The summed E-state index contributed by atoms with van der Waals surface area (Å²) < 4.78 is 7.48. The number of hydrogen-bond acceptors (Lipinski definition) is 7. The predicted molar refractivity (Wildman–Crippen MR) is 134 cm³/mol. The maximum absolute atomic E-state index is 13.5. The largest absolute Gasteiger partial charge is 0.444 e. The normalized spacial score (nSPS) is 16.3. The number of carbonyl (C=O) groups excluding carboxylic acids is 1. The third-order valence-electron chi connectivity index (χ3n) is 5.51. The molecule has 0 aliphatic carbocycles. The Morgan fingerprint density at radius 2 is 2.15 bits per heavy atom. The molecule has 10 heteroatoms. The van der Waals surface area contributed by atoms with Gasteiger partial charge in [0.2, 0.25) is 5.95 Å². The van der Waals surface area contributed by atoms with Crippen molar-refractivity contribution in [2.24, 2.45) is 0 Å². The number of alkyl carbamates (subject to hydrolysis) is 1. The fourth-order valence-corrected chi connectivity index (χ4v) is 5.17. The lowest BCUT2D eigenvalue weighted by atomic mass is 10.1. The number of benzene rings is 1. The third kappa shape index (κ3) is 5.18. The molecule has 3 heterocycles. The Bertz CT molecular complexity index is 1320. The highest BCUT2D eigenvalue weighted by Gasteiger charge is 2.28. The minimum atomic E-state index is -0.588. The van der Waals surface area contributed by atoms with E-state index in [1.807, 2.05) is 37.8 Å². The van der Waals surface area contributed by atoms with Crippen molar-refractivity contribution in [2.75, 3.05) is 18.0 Å². The standard InChI is InChI=1S/C24H26ClN5O3S/c1-24(2,3)33-23(32)27-17-9-6-10-29(13-17)22-28-19-18(25)14-34-20(19)21(31)30(22)12-16-8-5-4-7-15(16)11-26/h4-5,7-8,14,17H,6,9-10,12-13H2,1-3H3,(H,27,32)/t17-/m0/s1. The van der Waals surface area contributed by atoms with E-state index < -0.39 is 11.7 Å². The van der Waals surface area contributed by atoms with E-state index in [4.69, 9.17) is 21.3 Å². The third-order valence-corrected chi connectivity index (χ3v) is 6.88. The smallest absolute Gasteiger partial charge is 0.407 e. The molecule has 34 heavy (non-hydrogen) atoms. The highest BCUT2D eigenvalue weighted by Crippen LogP contribution is 2.29. The van der Waals surface area contributed by atoms with Gasteiger partial charge in [-0.3, -0.25) is 9.36 Å². The van der Waals surface area contributed by atoms with Gasteiger partial charge in [-0.15, -0.1) is 11.3 Å². The van der Waals surface area contributed by atoms with Crippen molar-refractivity contribution in [1.29, 1.82) is 5.26 Å². The minimum absolute atomic E-state index is 0.158. The van der Waals surface area contributed by atoms with Gasteiger partial charge in [-0.05, 0) is 45.2 Å². The Morgan fingerprint density at radius 3 is 2.88 bits per heavy atom. The van der Waals surface area contributed by atoms with Crippen molar-refractivity contribution in [2.45, 2.75) is 51.8 Å². The van der Waals surface area contributed by atoms with Crippen molar-refractivity contribution in [3.05, 3.63) is 56.1 Å². The second-order valence-corrected chi connectivity index (χ2v) is 10.6. The molecular weight excluding hydrogens is 474 g/mol. The molecule has 0 bridgehead atoms. The number of nitriles is 1. The molecule has 0 saturated carbocycles. The van der Waals surface area contributed by atoms with Gasteiger partial charge in [-0.25, -0.2) is 9.78 Å². The number of nitrogens with zero attached hydrogens (tertiary/aromatic N) is 4. The van der Waals surface area contributed by atoms with Gasteiger partial charge in [0.25, 0.3) is 5.56 Å². The number of nitrogens with one attached hydrogen (secondary N) is 1. The molecule has 1 aliphatic heterocycles. The Kier molecular flexibility index (Phi) is 6.82. The van der Waals surface area contributed by atoms with Crippen molar-refractivity contribution >= 4 is 45.2 Å². The van der Waals surface area contributed by atoms with E-state index in [1.54, 1.807) is 22.1 Å². The topological polar surface area (TPSA) is 100 Å². The average Bonchev–Trinajstić information content (AvgIpc) is 3.15. The van der Waals surface area contributed by atoms with Crippen LogP contribution in [0.2, 0.25) is 5.02 Å². The SMILES string of the molecule is CC(C)(C)OC(=O)N[C@H]1CCCN(c2nc3c(Cl)csc3c(=O)n2Cc2ccccc2C#N)C1. The van der Waals surface area contributed by atoms with Crippen LogP contribution in [0.15, 0.2) is 34.4 Å². The number of rotatable bonds is 4. The Balaban J connectivity index is 1.70. The van der Waals surface area contributed by atoms with Crippen LogP contribution in [0.25, 0.3) is 10.2 Å². The van der Waals surface area contributed by atoms with E-state index in [9.17, 15) is 14.9 Å². The van der Waals surface area contributed by atoms with E-state index in [-0.39, 0.29) is 18.1 Å². The van der Waals surface area contributed by atoms with Gasteiger partial charge in [0.15, 0.2) is 0 Å². The molecule has 0 radical (unpaired) electrons. The van der Waals surface area contributed by atoms with Gasteiger partial charge in [0, 0.05) is 24.5 Å². The summed E-state index contributed by atoms with van der Waals surface area (Å²) >= 11 is 7.60. The van der Waals surface area contributed by atoms with E-state index in [1.165, 1.54) is 11.3 Å². The molecule has 1 aromatic carbocycles. The summed E-state index contributed by atoms with van der Waals surface area (Å²) in [6.45, 7) is 6.81. The first-order valence-electron chi connectivity index (χ1n) is 11.1. The van der Waals surface area contributed by atoms with Crippen molar-refractivity contribution < 1.29 is 9.53 Å². The van der Waals surface area contributed by atoms with Gasteiger partial charge in [-0.1, -0.05) is 29.8 Å². The first-order valence-corrected chi connectivity index (χ1v) is 12.3. The molecule has 1 amide bonds. The molecule has 1 N–H and O–H groups in total. The number of anilines is 1. The van der Waals surface area contributed by atoms with Gasteiger partial charge in [-0.2, -0.15) is 5.26 Å². The molecule has 0 spiro atoms. The van der Waals surface area contributed by atoms with E-state index >= 15 is 0 Å². The number of fused-ring (bicyclic) bond motifs is 1. The predicted octanol–water partition coefficient (Wildman–Crippen LogP) is 4.52. The van der Waals surface area contributed by atoms with Crippen LogP contribution in [0.5, 0.6) is 0 Å². The molecule has 4 rings (SSSR count). The summed E-state index contributed by atoms with van der Waals surface area (Å²) in [6.07, 6.45) is 1.13. The minimum Gasteiger partial charge on any atom is -0.444 e. The van der Waals surface area contributed by atoms with Crippen LogP contribution in [-0.2, 0) is 11.3 Å². The maximum atomic E-state index is 13.5. The summed E-state index contributed by atoms with van der Waals surface area (Å²) in [6, 6.07) is 9.24. The van der Waals surface area contributed by atoms with Crippen LogP contribution in [0.3, 0.4) is 0 Å². The zero-order valence-electron chi connectivity index (χ0n) is 19.3. The molecule has 3 aromatic rings. The quantitative estimate of drug-likeness (QED) is 0.566. The van der Waals surface area contributed by atoms with Crippen LogP contribution in [0.4, 0.5) is 10.7 Å². The average molecular weight is 500 g/mol. The van der Waals surface area contributed by atoms with Crippen molar-refractivity contribution in [3.63, 3.8) is 0 Å². The number of thiophene rings is 1. The zero-order valence-corrected chi connectivity index (χ0v) is 20.9. The number of aromatic nitrogens is 2. The molecule has 1 atom stereocenters. The molecule has 0 unspecified atom stereocenters. The maximum Gasteiger partial charge on any atom is 0.407 e. The molecule has 1 saturated heterocycles. The van der Waals surface area contributed by atoms with Crippen molar-refractivity contribution in [1.82, 2.24) is 14.9 Å². The Morgan fingerprint density at radius 1 is 1.38 bits per heavy atom. The molecule has 1 fully saturated rings. The fourth-order valence-electron chi connectivity index (χ4n) is 4.03. The number of ether oxygens (including phenoxy) is 1. The molecule has 178 valence electrons. The van der Waals surface area contributed by atoms with Gasteiger partial charge < -0.3 is 15.0 Å².